The third-order valence-corrected chi connectivity index (χ3v) is 0.784. The van der Waals surface area contributed by atoms with Gasteiger partial charge in [-0.15, -0.1) is 6.42 Å². The van der Waals surface area contributed by atoms with Crippen molar-refractivity contribution in [2.24, 2.45) is 0 Å². The van der Waals surface area contributed by atoms with Crippen LogP contribution in [0.15, 0.2) is 0 Å². The summed E-state index contributed by atoms with van der Waals surface area (Å²) in [6.45, 7) is 4.08. The van der Waals surface area contributed by atoms with Crippen LogP contribution >= 0.6 is 0 Å². The molecule has 0 heterocycles. The van der Waals surface area contributed by atoms with Gasteiger partial charge in [0.25, 0.3) is 0 Å². The van der Waals surface area contributed by atoms with E-state index in [0.29, 0.717) is 0 Å². The largest absolute Gasteiger partial charge is 0.351 e. The van der Waals surface area contributed by atoms with Gasteiger partial charge < -0.3 is 10.6 Å². The molecule has 0 spiro atoms. The highest BCUT2D eigenvalue weighted by molar-refractivity contribution is 6.35. The minimum absolute atomic E-state index is 0.0756. The third kappa shape index (κ3) is 6.62. The molecule has 2 amide bonds. The van der Waals surface area contributed by atoms with E-state index in [-0.39, 0.29) is 6.54 Å². The highest BCUT2D eigenvalue weighted by Gasteiger charge is 2.07. The van der Waals surface area contributed by atoms with Gasteiger partial charge in [0.15, 0.2) is 0 Å². The lowest BCUT2D eigenvalue weighted by Gasteiger charge is -1.97. The highest BCUT2D eigenvalue weighted by atomic mass is 16.2. The second kappa shape index (κ2) is 9.50. The summed E-state index contributed by atoms with van der Waals surface area (Å²) in [5, 5.41) is 4.35. The Morgan fingerprint density at radius 2 is 1.83 bits per heavy atom. The van der Waals surface area contributed by atoms with Crippen LogP contribution in [0.4, 0.5) is 0 Å². The maximum Gasteiger partial charge on any atom is 0.310 e. The molecule has 4 nitrogen and oxygen atoms in total. The first-order valence-corrected chi connectivity index (χ1v) is 3.65. The Morgan fingerprint density at radius 1 is 1.33 bits per heavy atom. The fourth-order valence-corrected chi connectivity index (χ4v) is 0.325. The Balaban J connectivity index is 0. The first kappa shape index (κ1) is 13.1. The van der Waals surface area contributed by atoms with Crippen LogP contribution in [0.5, 0.6) is 0 Å². The van der Waals surface area contributed by atoms with Crippen LogP contribution in [0.1, 0.15) is 13.8 Å². The van der Waals surface area contributed by atoms with Crippen molar-refractivity contribution in [2.75, 3.05) is 13.6 Å². The average molecular weight is 170 g/mol. The van der Waals surface area contributed by atoms with Gasteiger partial charge in [-0.05, 0) is 0 Å². The second-order valence-corrected chi connectivity index (χ2v) is 1.47. The Hall–Kier alpha value is -1.50. The van der Waals surface area contributed by atoms with Gasteiger partial charge in [-0.3, -0.25) is 9.59 Å². The number of rotatable bonds is 1. The zero-order valence-corrected chi connectivity index (χ0v) is 7.60. The van der Waals surface area contributed by atoms with Gasteiger partial charge in [0, 0.05) is 7.05 Å². The van der Waals surface area contributed by atoms with Crippen molar-refractivity contribution >= 4 is 11.8 Å². The Bertz CT molecular complexity index is 182. The average Bonchev–Trinajstić information content (AvgIpc) is 2.16. The Morgan fingerprint density at radius 3 is 2.17 bits per heavy atom. The fraction of sp³-hybridized carbons (Fsp3) is 0.500. The van der Waals surface area contributed by atoms with Crippen LogP contribution in [0, 0.1) is 12.3 Å². The molecule has 0 aliphatic heterocycles. The van der Waals surface area contributed by atoms with Crippen molar-refractivity contribution in [1.29, 1.82) is 0 Å². The van der Waals surface area contributed by atoms with Crippen molar-refractivity contribution < 1.29 is 9.59 Å². The molecule has 0 aliphatic rings. The summed E-state index contributed by atoms with van der Waals surface area (Å²) in [7, 11) is 1.37. The van der Waals surface area contributed by atoms with Crippen LogP contribution in [-0.2, 0) is 9.59 Å². The summed E-state index contributed by atoms with van der Waals surface area (Å²) in [6.07, 6.45) is 4.82. The molecule has 0 radical (unpaired) electrons. The van der Waals surface area contributed by atoms with E-state index in [1.807, 2.05) is 13.8 Å². The molecule has 2 N–H and O–H groups in total. The van der Waals surface area contributed by atoms with Crippen LogP contribution in [0.3, 0.4) is 0 Å². The van der Waals surface area contributed by atoms with Crippen molar-refractivity contribution in [1.82, 2.24) is 10.6 Å². The van der Waals surface area contributed by atoms with E-state index >= 15 is 0 Å². The minimum Gasteiger partial charge on any atom is -0.351 e. The maximum atomic E-state index is 10.5. The standard InChI is InChI=1S/C6H8N2O2.C2H6/c1-3-4-8-6(10)5(9)7-2;1-2/h1H,4H2,2H3,(H,7,9)(H,8,10);1-2H3. The van der Waals surface area contributed by atoms with Gasteiger partial charge in [-0.1, -0.05) is 19.8 Å². The SMILES string of the molecule is C#CCNC(=O)C(=O)NC.CC. The maximum absolute atomic E-state index is 10.5. The van der Waals surface area contributed by atoms with Crippen LogP contribution < -0.4 is 10.6 Å². The number of hydrogen-bond acceptors (Lipinski definition) is 2. The van der Waals surface area contributed by atoms with E-state index in [1.165, 1.54) is 7.05 Å². The summed E-state index contributed by atoms with van der Waals surface area (Å²) < 4.78 is 0. The molecule has 0 aromatic heterocycles. The molecule has 0 aromatic rings. The predicted molar refractivity (Wildman–Crippen MR) is 47.3 cm³/mol. The first-order valence-electron chi connectivity index (χ1n) is 3.65. The summed E-state index contributed by atoms with van der Waals surface area (Å²) >= 11 is 0. The van der Waals surface area contributed by atoms with Crippen molar-refractivity contribution in [2.45, 2.75) is 13.8 Å². The molecule has 0 unspecified atom stereocenters. The minimum atomic E-state index is -0.708. The topological polar surface area (TPSA) is 58.2 Å². The van der Waals surface area contributed by atoms with Gasteiger partial charge in [0.1, 0.15) is 0 Å². The number of amides is 2. The molecule has 12 heavy (non-hydrogen) atoms. The van der Waals surface area contributed by atoms with Gasteiger partial charge in [-0.2, -0.15) is 0 Å². The smallest absolute Gasteiger partial charge is 0.310 e. The number of carbonyl (C=O) groups excluding carboxylic acids is 2. The first-order chi connectivity index (χ1) is 5.72. The van der Waals surface area contributed by atoms with E-state index in [9.17, 15) is 9.59 Å². The van der Waals surface area contributed by atoms with Gasteiger partial charge >= 0.3 is 11.8 Å². The van der Waals surface area contributed by atoms with E-state index in [1.54, 1.807) is 0 Å². The van der Waals surface area contributed by atoms with Crippen LogP contribution in [0.25, 0.3) is 0 Å². The normalized spacial score (nSPS) is 6.83. The van der Waals surface area contributed by atoms with Crippen molar-refractivity contribution in [3.63, 3.8) is 0 Å². The van der Waals surface area contributed by atoms with Crippen LogP contribution in [-0.4, -0.2) is 25.4 Å². The zero-order chi connectivity index (χ0) is 9.98. The summed E-state index contributed by atoms with van der Waals surface area (Å²) in [6, 6.07) is 0. The van der Waals surface area contributed by atoms with Crippen molar-refractivity contribution in [3.8, 4) is 12.3 Å². The molecule has 4 heteroatoms. The molecule has 0 bridgehead atoms. The molecule has 68 valence electrons. The molecule has 0 saturated carbocycles. The molecule has 0 rings (SSSR count). The number of likely N-dealkylation sites (N-methyl/N-ethyl adjacent to an activating group) is 1. The van der Waals surface area contributed by atoms with Crippen molar-refractivity contribution in [3.05, 3.63) is 0 Å². The summed E-state index contributed by atoms with van der Waals surface area (Å²) in [5.41, 5.74) is 0. The fourth-order valence-electron chi connectivity index (χ4n) is 0.325. The van der Waals surface area contributed by atoms with Gasteiger partial charge in [-0.25, -0.2) is 0 Å². The molecular formula is C8H14N2O2. The quantitative estimate of drug-likeness (QED) is 0.412. The number of carbonyl (C=O) groups is 2. The molecule has 0 aliphatic carbocycles. The molecule has 0 aromatic carbocycles. The third-order valence-electron chi connectivity index (χ3n) is 0.784. The predicted octanol–water partition coefficient (Wildman–Crippen LogP) is -0.492. The highest BCUT2D eigenvalue weighted by Crippen LogP contribution is 1.63. The lowest BCUT2D eigenvalue weighted by atomic mass is 10.5. The van der Waals surface area contributed by atoms with Gasteiger partial charge in [0.2, 0.25) is 0 Å². The van der Waals surface area contributed by atoms with E-state index in [4.69, 9.17) is 6.42 Å². The monoisotopic (exact) mass is 170 g/mol. The number of hydrogen-bond donors (Lipinski definition) is 2. The Kier molecular flexibility index (Phi) is 10.4. The van der Waals surface area contributed by atoms with E-state index in [0.717, 1.165) is 0 Å². The van der Waals surface area contributed by atoms with Crippen LogP contribution in [0.2, 0.25) is 0 Å². The lowest BCUT2D eigenvalue weighted by molar-refractivity contribution is -0.138. The molecule has 0 atom stereocenters. The molecule has 0 fully saturated rings. The molecule has 0 saturated heterocycles. The van der Waals surface area contributed by atoms with E-state index < -0.39 is 11.8 Å². The Labute approximate surface area is 72.7 Å². The number of terminal acetylenes is 1. The summed E-state index contributed by atoms with van der Waals surface area (Å²) in [4.78, 5) is 20.9. The van der Waals surface area contributed by atoms with E-state index in [2.05, 4.69) is 16.6 Å². The summed E-state index contributed by atoms with van der Waals surface area (Å²) in [5.74, 6) is 0.773. The second-order valence-electron chi connectivity index (χ2n) is 1.47. The lowest BCUT2D eigenvalue weighted by Crippen LogP contribution is -2.38. The zero-order valence-electron chi connectivity index (χ0n) is 7.60. The van der Waals surface area contributed by atoms with Gasteiger partial charge in [0.05, 0.1) is 6.54 Å². The molecular weight excluding hydrogens is 156 g/mol. The number of nitrogens with one attached hydrogen (secondary N) is 2.